The van der Waals surface area contributed by atoms with Crippen LogP contribution >= 0.6 is 11.8 Å². The van der Waals surface area contributed by atoms with E-state index in [1.807, 2.05) is 72.8 Å². The molecule has 0 unspecified atom stereocenters. The molecule has 184 valence electrons. The van der Waals surface area contributed by atoms with Crippen LogP contribution in [0.25, 0.3) is 17.5 Å². The van der Waals surface area contributed by atoms with E-state index in [4.69, 9.17) is 4.74 Å². The molecule has 4 rings (SSSR count). The molecule has 0 radical (unpaired) electrons. The third kappa shape index (κ3) is 6.92. The first-order chi connectivity index (χ1) is 17.6. The van der Waals surface area contributed by atoms with E-state index in [1.54, 1.807) is 30.2 Å². The molecule has 7 heteroatoms. The smallest absolute Gasteiger partial charge is 0.191 e. The zero-order valence-corrected chi connectivity index (χ0v) is 21.4. The minimum Gasteiger partial charge on any atom is -0.494 e. The highest BCUT2D eigenvalue weighted by molar-refractivity contribution is 7.99. The van der Waals surface area contributed by atoms with Gasteiger partial charge in [-0.25, -0.2) is 0 Å². The minimum atomic E-state index is -0.0243. The summed E-state index contributed by atoms with van der Waals surface area (Å²) < 4.78 is 8.04. The molecule has 0 bridgehead atoms. The number of ether oxygens (including phenoxy) is 1. The molecule has 2 aromatic heterocycles. The highest BCUT2D eigenvalue weighted by Crippen LogP contribution is 2.28. The first-order valence-electron chi connectivity index (χ1n) is 12.1. The predicted molar refractivity (Wildman–Crippen MR) is 145 cm³/mol. The Bertz CT molecular complexity index is 1270. The van der Waals surface area contributed by atoms with Crippen molar-refractivity contribution in [2.24, 2.45) is 0 Å². The number of unbranched alkanes of at least 4 members (excludes halogenated alkanes) is 1. The minimum absolute atomic E-state index is 0.0243. The summed E-state index contributed by atoms with van der Waals surface area (Å²) in [5, 5.41) is 9.77. The van der Waals surface area contributed by atoms with Gasteiger partial charge < -0.3 is 4.74 Å². The fourth-order valence-electron chi connectivity index (χ4n) is 3.64. The molecule has 0 saturated carbocycles. The molecular formula is C29H30N4O2S. The number of carbonyl (C=O) groups is 1. The van der Waals surface area contributed by atoms with Gasteiger partial charge in [-0.2, -0.15) is 0 Å². The van der Waals surface area contributed by atoms with Gasteiger partial charge in [-0.3, -0.25) is 14.3 Å². The largest absolute Gasteiger partial charge is 0.494 e. The van der Waals surface area contributed by atoms with Crippen LogP contribution in [-0.2, 0) is 0 Å². The second-order valence-corrected chi connectivity index (χ2v) is 9.60. The number of hydrogen-bond acceptors (Lipinski definition) is 6. The first-order valence-corrected chi connectivity index (χ1v) is 13.1. The fourth-order valence-corrected chi connectivity index (χ4v) is 4.71. The molecule has 6 nitrogen and oxygen atoms in total. The summed E-state index contributed by atoms with van der Waals surface area (Å²) in [6.07, 6.45) is 8.91. The maximum Gasteiger partial charge on any atom is 0.191 e. The summed E-state index contributed by atoms with van der Waals surface area (Å²) >= 11 is 1.72. The molecule has 0 saturated heterocycles. The number of aromatic nitrogens is 4. The normalized spacial score (nSPS) is 11.3. The van der Waals surface area contributed by atoms with Crippen molar-refractivity contribution in [2.45, 2.75) is 37.9 Å². The molecule has 0 aliphatic rings. The SMILES string of the molecule is CC(C)n1c(SCCCCOc2ccc(C(=O)/C=C/c3ccccc3)cc2)nnc1-c1ccncc1. The van der Waals surface area contributed by atoms with Gasteiger partial charge in [0.1, 0.15) is 5.75 Å². The number of ketones is 1. The van der Waals surface area contributed by atoms with Gasteiger partial charge in [-0.15, -0.1) is 10.2 Å². The van der Waals surface area contributed by atoms with E-state index in [2.05, 4.69) is 33.6 Å². The van der Waals surface area contributed by atoms with Crippen molar-refractivity contribution in [3.8, 4) is 17.1 Å². The van der Waals surface area contributed by atoms with Crippen LogP contribution in [0.1, 0.15) is 48.7 Å². The highest BCUT2D eigenvalue weighted by atomic mass is 32.2. The quantitative estimate of drug-likeness (QED) is 0.0929. The van der Waals surface area contributed by atoms with Gasteiger partial charge in [0.2, 0.25) is 0 Å². The maximum atomic E-state index is 12.4. The van der Waals surface area contributed by atoms with Gasteiger partial charge in [-0.1, -0.05) is 48.2 Å². The van der Waals surface area contributed by atoms with Gasteiger partial charge in [-0.05, 0) is 74.7 Å². The Labute approximate surface area is 216 Å². The Morgan fingerprint density at radius 2 is 1.72 bits per heavy atom. The molecule has 0 amide bonds. The van der Waals surface area contributed by atoms with Crippen molar-refractivity contribution < 1.29 is 9.53 Å². The van der Waals surface area contributed by atoms with E-state index in [1.165, 1.54) is 0 Å². The molecule has 36 heavy (non-hydrogen) atoms. The first kappa shape index (κ1) is 25.4. The number of allylic oxidation sites excluding steroid dienone is 1. The average Bonchev–Trinajstić information content (AvgIpc) is 3.35. The third-order valence-corrected chi connectivity index (χ3v) is 6.55. The standard InChI is InChI=1S/C29H30N4O2S/c1-22(2)33-28(25-16-18-30-19-17-25)31-32-29(33)36-21-7-6-20-35-26-13-11-24(12-14-26)27(34)15-10-23-8-4-3-5-9-23/h3-5,8-19,22H,6-7,20-21H2,1-2H3/b15-10+. The second-order valence-electron chi connectivity index (χ2n) is 8.54. The lowest BCUT2D eigenvalue weighted by molar-refractivity contribution is 0.104. The van der Waals surface area contributed by atoms with Crippen molar-refractivity contribution in [1.82, 2.24) is 19.7 Å². The Morgan fingerprint density at radius 3 is 2.44 bits per heavy atom. The summed E-state index contributed by atoms with van der Waals surface area (Å²) in [7, 11) is 0. The molecular weight excluding hydrogens is 468 g/mol. The average molecular weight is 499 g/mol. The Morgan fingerprint density at radius 1 is 0.972 bits per heavy atom. The zero-order chi connectivity index (χ0) is 25.2. The summed E-state index contributed by atoms with van der Waals surface area (Å²) in [6, 6.07) is 21.3. The van der Waals surface area contributed by atoms with Gasteiger partial charge in [0.25, 0.3) is 0 Å². The number of thioether (sulfide) groups is 1. The molecule has 4 aromatic rings. The molecule has 0 N–H and O–H groups in total. The van der Waals surface area contributed by atoms with E-state index in [0.29, 0.717) is 12.2 Å². The number of hydrogen-bond donors (Lipinski definition) is 0. The van der Waals surface area contributed by atoms with E-state index in [9.17, 15) is 4.79 Å². The highest BCUT2D eigenvalue weighted by Gasteiger charge is 2.16. The Balaban J connectivity index is 1.20. The number of pyridine rings is 1. The number of carbonyl (C=O) groups excluding carboxylic acids is 1. The molecule has 0 aliphatic carbocycles. The van der Waals surface area contributed by atoms with Crippen molar-refractivity contribution >= 4 is 23.6 Å². The second kappa shape index (κ2) is 12.8. The van der Waals surface area contributed by atoms with Crippen LogP contribution in [0.3, 0.4) is 0 Å². The number of rotatable bonds is 12. The van der Waals surface area contributed by atoms with Crippen LogP contribution in [0.2, 0.25) is 0 Å². The van der Waals surface area contributed by atoms with E-state index >= 15 is 0 Å². The lowest BCUT2D eigenvalue weighted by atomic mass is 10.1. The molecule has 2 aromatic carbocycles. The molecule has 0 spiro atoms. The van der Waals surface area contributed by atoms with E-state index in [-0.39, 0.29) is 11.8 Å². The lowest BCUT2D eigenvalue weighted by Crippen LogP contribution is -2.05. The van der Waals surface area contributed by atoms with Gasteiger partial charge in [0, 0.05) is 35.3 Å². The predicted octanol–water partition coefficient (Wildman–Crippen LogP) is 6.77. The summed E-state index contributed by atoms with van der Waals surface area (Å²) in [5.41, 5.74) is 2.67. The van der Waals surface area contributed by atoms with Crippen LogP contribution in [0.15, 0.2) is 90.4 Å². The molecule has 0 fully saturated rings. The van der Waals surface area contributed by atoms with Gasteiger partial charge in [0.05, 0.1) is 6.61 Å². The van der Waals surface area contributed by atoms with Crippen LogP contribution in [0.5, 0.6) is 5.75 Å². The molecule has 0 atom stereocenters. The number of benzene rings is 2. The van der Waals surface area contributed by atoms with Crippen molar-refractivity contribution in [2.75, 3.05) is 12.4 Å². The van der Waals surface area contributed by atoms with Crippen LogP contribution < -0.4 is 4.74 Å². The van der Waals surface area contributed by atoms with Crippen LogP contribution in [-0.4, -0.2) is 37.9 Å². The van der Waals surface area contributed by atoms with Crippen LogP contribution in [0, 0.1) is 0 Å². The van der Waals surface area contributed by atoms with Crippen molar-refractivity contribution in [3.63, 3.8) is 0 Å². The summed E-state index contributed by atoms with van der Waals surface area (Å²) in [6.45, 7) is 4.91. The topological polar surface area (TPSA) is 69.9 Å². The maximum absolute atomic E-state index is 12.4. The van der Waals surface area contributed by atoms with E-state index < -0.39 is 0 Å². The van der Waals surface area contributed by atoms with Gasteiger partial charge in [0.15, 0.2) is 16.8 Å². The van der Waals surface area contributed by atoms with Crippen molar-refractivity contribution in [1.29, 1.82) is 0 Å². The van der Waals surface area contributed by atoms with Crippen LogP contribution in [0.4, 0.5) is 0 Å². The fraction of sp³-hybridized carbons (Fsp3) is 0.241. The monoisotopic (exact) mass is 498 g/mol. The summed E-state index contributed by atoms with van der Waals surface area (Å²) in [4.78, 5) is 16.5. The Kier molecular flexibility index (Phi) is 9.05. The molecule has 2 heterocycles. The summed E-state index contributed by atoms with van der Waals surface area (Å²) in [5.74, 6) is 2.55. The number of nitrogens with zero attached hydrogens (tertiary/aromatic N) is 4. The lowest BCUT2D eigenvalue weighted by Gasteiger charge is -2.13. The van der Waals surface area contributed by atoms with Gasteiger partial charge >= 0.3 is 0 Å². The zero-order valence-electron chi connectivity index (χ0n) is 20.6. The third-order valence-electron chi connectivity index (χ3n) is 5.52. The Hall–Kier alpha value is -3.71. The van der Waals surface area contributed by atoms with Crippen molar-refractivity contribution in [3.05, 3.63) is 96.3 Å². The van der Waals surface area contributed by atoms with E-state index in [0.717, 1.165) is 46.5 Å². The molecule has 0 aliphatic heterocycles.